The first-order chi connectivity index (χ1) is 7.69. The molecule has 0 spiro atoms. The van der Waals surface area contributed by atoms with Crippen molar-refractivity contribution in [1.82, 2.24) is 9.88 Å². The molecule has 4 nitrogen and oxygen atoms in total. The van der Waals surface area contributed by atoms with Crippen LogP contribution in [0, 0.1) is 0 Å². The second-order valence-electron chi connectivity index (χ2n) is 3.49. The maximum absolute atomic E-state index is 11.8. The minimum Gasteiger partial charge on any atom is -0.383 e. The smallest absolute Gasteiger partial charge is 0.268 e. The van der Waals surface area contributed by atoms with Crippen molar-refractivity contribution in [2.45, 2.75) is 19.9 Å². The van der Waals surface area contributed by atoms with Crippen LogP contribution in [0.4, 0.5) is 0 Å². The van der Waals surface area contributed by atoms with Crippen molar-refractivity contribution in [3.63, 3.8) is 0 Å². The normalized spacial score (nSPS) is 10.4. The van der Waals surface area contributed by atoms with Crippen LogP contribution in [0.3, 0.4) is 0 Å². The zero-order chi connectivity index (χ0) is 12.0. The van der Waals surface area contributed by atoms with Crippen molar-refractivity contribution >= 4 is 21.8 Å². The molecule has 0 radical (unpaired) electrons. The molecule has 1 aromatic rings. The molecule has 0 atom stereocenters. The number of nitrogens with zero attached hydrogens (tertiary/aromatic N) is 1. The Morgan fingerprint density at radius 2 is 2.38 bits per heavy atom. The summed E-state index contributed by atoms with van der Waals surface area (Å²) in [4.78, 5) is 11.8. The van der Waals surface area contributed by atoms with Gasteiger partial charge in [0.05, 0.1) is 6.61 Å². The van der Waals surface area contributed by atoms with Crippen molar-refractivity contribution in [3.8, 4) is 0 Å². The van der Waals surface area contributed by atoms with Gasteiger partial charge in [0.15, 0.2) is 0 Å². The molecule has 0 aliphatic heterocycles. The zero-order valence-electron chi connectivity index (χ0n) is 9.62. The van der Waals surface area contributed by atoms with E-state index in [1.165, 1.54) is 0 Å². The number of carbonyl (C=O) groups excluding carboxylic acids is 1. The van der Waals surface area contributed by atoms with Crippen molar-refractivity contribution < 1.29 is 9.53 Å². The summed E-state index contributed by atoms with van der Waals surface area (Å²) in [6.07, 6.45) is 2.92. The highest BCUT2D eigenvalue weighted by atomic mass is 79.9. The average Bonchev–Trinajstić information content (AvgIpc) is 2.60. The first-order valence-electron chi connectivity index (χ1n) is 5.31. The van der Waals surface area contributed by atoms with Crippen LogP contribution in [0.25, 0.3) is 0 Å². The topological polar surface area (TPSA) is 43.3 Å². The van der Waals surface area contributed by atoms with Gasteiger partial charge in [0.2, 0.25) is 0 Å². The molecule has 90 valence electrons. The molecule has 0 bridgehead atoms. The average molecular weight is 289 g/mol. The molecule has 1 aromatic heterocycles. The summed E-state index contributed by atoms with van der Waals surface area (Å²) in [6, 6.07) is 1.83. The molecule has 1 heterocycles. The molecule has 0 aliphatic rings. The predicted octanol–water partition coefficient (Wildman–Crippen LogP) is 2.04. The quantitative estimate of drug-likeness (QED) is 0.814. The van der Waals surface area contributed by atoms with Gasteiger partial charge in [-0.3, -0.25) is 4.79 Å². The maximum Gasteiger partial charge on any atom is 0.268 e. The highest BCUT2D eigenvalue weighted by Gasteiger charge is 2.11. The van der Waals surface area contributed by atoms with Gasteiger partial charge in [0.1, 0.15) is 5.69 Å². The van der Waals surface area contributed by atoms with Crippen LogP contribution in [0.5, 0.6) is 0 Å². The molecule has 1 amide bonds. The Morgan fingerprint density at radius 1 is 1.62 bits per heavy atom. The van der Waals surface area contributed by atoms with E-state index < -0.39 is 0 Å². The molecule has 16 heavy (non-hydrogen) atoms. The fourth-order valence-electron chi connectivity index (χ4n) is 1.45. The standard InChI is InChI=1S/C11H17BrN2O2/c1-3-5-14-8-9(12)7-10(14)11(15)13-4-6-16-2/h7-8H,3-6H2,1-2H3,(H,13,15). The highest BCUT2D eigenvalue weighted by molar-refractivity contribution is 9.10. The van der Waals surface area contributed by atoms with E-state index in [-0.39, 0.29) is 5.91 Å². The Morgan fingerprint density at radius 3 is 3.00 bits per heavy atom. The van der Waals surface area contributed by atoms with Crippen LogP contribution in [0.15, 0.2) is 16.7 Å². The Kier molecular flexibility index (Phi) is 5.55. The molecule has 0 aliphatic carbocycles. The Balaban J connectivity index is 2.66. The summed E-state index contributed by atoms with van der Waals surface area (Å²) < 4.78 is 7.76. The lowest BCUT2D eigenvalue weighted by Gasteiger charge is -2.08. The van der Waals surface area contributed by atoms with E-state index in [1.807, 2.05) is 16.8 Å². The third-order valence-electron chi connectivity index (χ3n) is 2.15. The second-order valence-corrected chi connectivity index (χ2v) is 4.40. The fourth-order valence-corrected chi connectivity index (χ4v) is 1.91. The molecule has 0 aromatic carbocycles. The summed E-state index contributed by atoms with van der Waals surface area (Å²) >= 11 is 3.38. The number of amides is 1. The van der Waals surface area contributed by atoms with Crippen molar-refractivity contribution in [2.24, 2.45) is 0 Å². The third kappa shape index (κ3) is 3.64. The Bertz CT molecular complexity index is 350. The number of hydrogen-bond acceptors (Lipinski definition) is 2. The number of nitrogens with one attached hydrogen (secondary N) is 1. The lowest BCUT2D eigenvalue weighted by molar-refractivity contribution is 0.0927. The van der Waals surface area contributed by atoms with Gasteiger partial charge in [-0.2, -0.15) is 0 Å². The van der Waals surface area contributed by atoms with E-state index in [0.29, 0.717) is 18.8 Å². The molecular formula is C11H17BrN2O2. The van der Waals surface area contributed by atoms with E-state index in [9.17, 15) is 4.79 Å². The van der Waals surface area contributed by atoms with E-state index >= 15 is 0 Å². The van der Waals surface area contributed by atoms with Gasteiger partial charge in [-0.25, -0.2) is 0 Å². The van der Waals surface area contributed by atoms with Gasteiger partial charge in [0.25, 0.3) is 5.91 Å². The first-order valence-corrected chi connectivity index (χ1v) is 6.11. The van der Waals surface area contributed by atoms with E-state index in [4.69, 9.17) is 4.74 Å². The molecule has 0 saturated carbocycles. The second kappa shape index (κ2) is 6.70. The van der Waals surface area contributed by atoms with Crippen LogP contribution < -0.4 is 5.32 Å². The van der Waals surface area contributed by atoms with Gasteiger partial charge in [-0.05, 0) is 28.4 Å². The number of ether oxygens (including phenoxy) is 1. The summed E-state index contributed by atoms with van der Waals surface area (Å²) in [5.41, 5.74) is 0.685. The summed E-state index contributed by atoms with van der Waals surface area (Å²) in [6.45, 7) is 3.99. The van der Waals surface area contributed by atoms with Gasteiger partial charge in [-0.1, -0.05) is 6.92 Å². The summed E-state index contributed by atoms with van der Waals surface area (Å²) in [5.74, 6) is -0.0591. The van der Waals surface area contributed by atoms with Crippen molar-refractivity contribution in [1.29, 1.82) is 0 Å². The lowest BCUT2D eigenvalue weighted by atomic mass is 10.3. The van der Waals surface area contributed by atoms with Crippen molar-refractivity contribution in [3.05, 3.63) is 22.4 Å². The highest BCUT2D eigenvalue weighted by Crippen LogP contribution is 2.15. The number of methoxy groups -OCH3 is 1. The molecule has 0 saturated heterocycles. The minimum atomic E-state index is -0.0591. The number of aryl methyl sites for hydroxylation is 1. The van der Waals surface area contributed by atoms with E-state index in [1.54, 1.807) is 7.11 Å². The number of carbonyl (C=O) groups is 1. The van der Waals surface area contributed by atoms with Crippen LogP contribution in [0.1, 0.15) is 23.8 Å². The maximum atomic E-state index is 11.8. The molecule has 1 rings (SSSR count). The predicted molar refractivity (Wildman–Crippen MR) is 66.6 cm³/mol. The monoisotopic (exact) mass is 288 g/mol. The van der Waals surface area contributed by atoms with Gasteiger partial charge < -0.3 is 14.6 Å². The summed E-state index contributed by atoms with van der Waals surface area (Å²) in [5, 5.41) is 2.81. The number of halogens is 1. The van der Waals surface area contributed by atoms with Crippen molar-refractivity contribution in [2.75, 3.05) is 20.3 Å². The largest absolute Gasteiger partial charge is 0.383 e. The van der Waals surface area contributed by atoms with Crippen LogP contribution in [-0.2, 0) is 11.3 Å². The molecule has 1 N–H and O–H groups in total. The molecule has 0 unspecified atom stereocenters. The number of rotatable bonds is 6. The minimum absolute atomic E-state index is 0.0591. The van der Waals surface area contributed by atoms with E-state index in [2.05, 4.69) is 28.2 Å². The first kappa shape index (κ1) is 13.3. The van der Waals surface area contributed by atoms with Gasteiger partial charge in [0, 0.05) is 30.9 Å². The zero-order valence-corrected chi connectivity index (χ0v) is 11.2. The van der Waals surface area contributed by atoms with Crippen LogP contribution in [-0.4, -0.2) is 30.7 Å². The lowest BCUT2D eigenvalue weighted by Crippen LogP contribution is -2.28. The molecule has 0 fully saturated rings. The van der Waals surface area contributed by atoms with Gasteiger partial charge >= 0.3 is 0 Å². The van der Waals surface area contributed by atoms with Gasteiger partial charge in [-0.15, -0.1) is 0 Å². The fraction of sp³-hybridized carbons (Fsp3) is 0.545. The van der Waals surface area contributed by atoms with Crippen LogP contribution in [0.2, 0.25) is 0 Å². The number of aromatic nitrogens is 1. The Labute approximate surface area is 104 Å². The third-order valence-corrected chi connectivity index (χ3v) is 2.59. The Hall–Kier alpha value is -0.810. The van der Waals surface area contributed by atoms with E-state index in [0.717, 1.165) is 17.4 Å². The SMILES string of the molecule is CCCn1cc(Br)cc1C(=O)NCCOC. The molecular weight excluding hydrogens is 272 g/mol. The van der Waals surface area contributed by atoms with Crippen LogP contribution >= 0.6 is 15.9 Å². The summed E-state index contributed by atoms with van der Waals surface area (Å²) in [7, 11) is 1.61. The molecule has 5 heteroatoms. The number of hydrogen-bond donors (Lipinski definition) is 1.